The molecule has 1 aliphatic carbocycles. The minimum Gasteiger partial charge on any atom is -0.378 e. The summed E-state index contributed by atoms with van der Waals surface area (Å²) in [5.41, 5.74) is 1.90. The number of halogens is 1. The van der Waals surface area contributed by atoms with E-state index in [0.717, 1.165) is 30.8 Å². The summed E-state index contributed by atoms with van der Waals surface area (Å²) in [6.45, 7) is 3.15. The normalized spacial score (nSPS) is 20.8. The summed E-state index contributed by atoms with van der Waals surface area (Å²) in [7, 11) is 0. The third-order valence-corrected chi connectivity index (χ3v) is 6.63. The topological polar surface area (TPSA) is 70.7 Å². The molecule has 0 spiro atoms. The van der Waals surface area contributed by atoms with Crippen LogP contribution in [0.5, 0.6) is 0 Å². The quantitative estimate of drug-likeness (QED) is 0.521. The molecule has 0 aromatic heterocycles. The molecule has 7 heteroatoms. The number of hydrogen-bond donors (Lipinski definition) is 2. The lowest BCUT2D eigenvalue weighted by atomic mass is 10.1. The van der Waals surface area contributed by atoms with Crippen molar-refractivity contribution >= 4 is 23.4 Å². The Labute approximate surface area is 200 Å². The van der Waals surface area contributed by atoms with Gasteiger partial charge in [-0.3, -0.25) is 9.59 Å². The summed E-state index contributed by atoms with van der Waals surface area (Å²) in [6.07, 6.45) is 3.59. The first-order valence-corrected chi connectivity index (χ1v) is 12.2. The van der Waals surface area contributed by atoms with Crippen molar-refractivity contribution in [2.45, 2.75) is 43.7 Å². The van der Waals surface area contributed by atoms with Crippen LogP contribution in [-0.2, 0) is 9.53 Å². The van der Waals surface area contributed by atoms with E-state index >= 15 is 0 Å². The molecule has 6 nitrogen and oxygen atoms in total. The summed E-state index contributed by atoms with van der Waals surface area (Å²) >= 11 is 5.98. The molecule has 0 radical (unpaired) electrons. The van der Waals surface area contributed by atoms with Crippen molar-refractivity contribution < 1.29 is 14.3 Å². The molecule has 1 saturated heterocycles. The van der Waals surface area contributed by atoms with Crippen LogP contribution in [-0.4, -0.2) is 61.6 Å². The number of carbonyl (C=O) groups is 2. The van der Waals surface area contributed by atoms with Crippen molar-refractivity contribution in [1.82, 2.24) is 15.5 Å². The fraction of sp³-hybridized carbons (Fsp3) is 0.462. The van der Waals surface area contributed by atoms with Gasteiger partial charge in [0.05, 0.1) is 13.2 Å². The summed E-state index contributed by atoms with van der Waals surface area (Å²) in [5.74, 6) is 0.340. The van der Waals surface area contributed by atoms with E-state index in [4.69, 9.17) is 16.3 Å². The van der Waals surface area contributed by atoms with E-state index in [-0.39, 0.29) is 11.8 Å². The highest BCUT2D eigenvalue weighted by Crippen LogP contribution is 2.40. The van der Waals surface area contributed by atoms with Crippen molar-refractivity contribution in [1.29, 1.82) is 0 Å². The van der Waals surface area contributed by atoms with Crippen molar-refractivity contribution in [3.63, 3.8) is 0 Å². The van der Waals surface area contributed by atoms with Crippen LogP contribution >= 0.6 is 11.6 Å². The third kappa shape index (κ3) is 6.79. The molecular formula is C26H32ClN3O3. The van der Waals surface area contributed by atoms with Gasteiger partial charge in [0.25, 0.3) is 5.91 Å². The van der Waals surface area contributed by atoms with Gasteiger partial charge >= 0.3 is 0 Å². The van der Waals surface area contributed by atoms with Crippen LogP contribution in [0.15, 0.2) is 54.6 Å². The van der Waals surface area contributed by atoms with E-state index in [1.807, 2.05) is 30.3 Å². The summed E-state index contributed by atoms with van der Waals surface area (Å²) in [6, 6.07) is 17.2. The lowest BCUT2D eigenvalue weighted by Crippen LogP contribution is -2.51. The molecule has 2 N–H and O–H groups in total. The third-order valence-electron chi connectivity index (χ3n) is 6.38. The van der Waals surface area contributed by atoms with E-state index in [9.17, 15) is 9.59 Å². The molecule has 1 saturated carbocycles. The van der Waals surface area contributed by atoms with Gasteiger partial charge in [-0.15, -0.1) is 0 Å². The van der Waals surface area contributed by atoms with Crippen LogP contribution in [0.4, 0.5) is 0 Å². The van der Waals surface area contributed by atoms with Gasteiger partial charge in [0.15, 0.2) is 0 Å². The molecule has 1 aliphatic heterocycles. The van der Waals surface area contributed by atoms with Crippen molar-refractivity contribution in [3.05, 3.63) is 70.7 Å². The fourth-order valence-corrected chi connectivity index (χ4v) is 4.48. The maximum absolute atomic E-state index is 13.1. The van der Waals surface area contributed by atoms with Crippen LogP contribution in [0.3, 0.4) is 0 Å². The van der Waals surface area contributed by atoms with E-state index in [2.05, 4.69) is 22.8 Å². The summed E-state index contributed by atoms with van der Waals surface area (Å²) < 4.78 is 5.37. The fourth-order valence-electron chi connectivity index (χ4n) is 4.35. The standard InChI is InChI=1S/C26H32ClN3O3/c27-21-11-9-19(10-12-21)22-18-24(22)28-13-5-4-8-23(26(32)30-14-16-33-17-15-30)29-25(31)20-6-2-1-3-7-20/h1-3,6-7,9-12,22-24,28H,4-5,8,13-18H2,(H,29,31)/t22-,23-,24+/m0/s1. The molecule has 2 aliphatic rings. The van der Waals surface area contributed by atoms with Gasteiger partial charge in [0.2, 0.25) is 5.91 Å². The molecule has 2 amide bonds. The monoisotopic (exact) mass is 469 g/mol. The van der Waals surface area contributed by atoms with Crippen molar-refractivity contribution in [2.24, 2.45) is 0 Å². The average Bonchev–Trinajstić information content (AvgIpc) is 3.63. The zero-order chi connectivity index (χ0) is 23.0. The maximum Gasteiger partial charge on any atom is 0.251 e. The highest BCUT2D eigenvalue weighted by molar-refractivity contribution is 6.30. The lowest BCUT2D eigenvalue weighted by Gasteiger charge is -2.30. The number of morpholine rings is 1. The van der Waals surface area contributed by atoms with Crippen LogP contribution < -0.4 is 10.6 Å². The Morgan fingerprint density at radius 2 is 1.76 bits per heavy atom. The van der Waals surface area contributed by atoms with Gasteiger partial charge in [0.1, 0.15) is 6.04 Å². The Balaban J connectivity index is 1.24. The lowest BCUT2D eigenvalue weighted by molar-refractivity contribution is -0.137. The highest BCUT2D eigenvalue weighted by atomic mass is 35.5. The summed E-state index contributed by atoms with van der Waals surface area (Å²) in [4.78, 5) is 27.6. The smallest absolute Gasteiger partial charge is 0.251 e. The van der Waals surface area contributed by atoms with Crippen molar-refractivity contribution in [3.8, 4) is 0 Å². The number of ether oxygens (including phenoxy) is 1. The predicted octanol–water partition coefficient (Wildman–Crippen LogP) is 3.61. The molecule has 33 heavy (non-hydrogen) atoms. The Bertz CT molecular complexity index is 916. The molecule has 2 aromatic carbocycles. The molecule has 0 bridgehead atoms. The molecule has 2 fully saturated rings. The van der Waals surface area contributed by atoms with E-state index in [1.54, 1.807) is 17.0 Å². The van der Waals surface area contributed by atoms with Gasteiger partial charge in [-0.05, 0) is 62.1 Å². The Hall–Kier alpha value is -2.41. The second kappa shape index (κ2) is 11.6. The van der Waals surface area contributed by atoms with E-state index < -0.39 is 6.04 Å². The van der Waals surface area contributed by atoms with Gasteiger partial charge in [-0.25, -0.2) is 0 Å². The van der Waals surface area contributed by atoms with Crippen LogP contribution in [0.25, 0.3) is 0 Å². The van der Waals surface area contributed by atoms with E-state index in [1.165, 1.54) is 5.56 Å². The number of benzene rings is 2. The molecule has 176 valence electrons. The van der Waals surface area contributed by atoms with Gasteiger partial charge < -0.3 is 20.3 Å². The number of carbonyl (C=O) groups excluding carboxylic acids is 2. The van der Waals surface area contributed by atoms with Crippen LogP contribution in [0.2, 0.25) is 5.02 Å². The molecule has 0 unspecified atom stereocenters. The maximum atomic E-state index is 13.1. The molecular weight excluding hydrogens is 438 g/mol. The summed E-state index contributed by atoms with van der Waals surface area (Å²) in [5, 5.41) is 7.36. The number of rotatable bonds is 10. The number of amides is 2. The second-order valence-electron chi connectivity index (χ2n) is 8.78. The first-order chi connectivity index (χ1) is 16.1. The number of nitrogens with zero attached hydrogens (tertiary/aromatic N) is 1. The zero-order valence-electron chi connectivity index (χ0n) is 18.8. The van der Waals surface area contributed by atoms with Crippen LogP contribution in [0, 0.1) is 0 Å². The van der Waals surface area contributed by atoms with Crippen LogP contribution in [0.1, 0.15) is 47.5 Å². The van der Waals surface area contributed by atoms with Gasteiger partial charge in [0, 0.05) is 35.6 Å². The Kier molecular flexibility index (Phi) is 8.37. The van der Waals surface area contributed by atoms with E-state index in [0.29, 0.717) is 50.2 Å². The zero-order valence-corrected chi connectivity index (χ0v) is 19.6. The average molecular weight is 470 g/mol. The number of unbranched alkanes of at least 4 members (excludes halogenated alkanes) is 1. The first kappa shape index (κ1) is 23.7. The highest BCUT2D eigenvalue weighted by Gasteiger charge is 2.37. The molecule has 1 heterocycles. The predicted molar refractivity (Wildman–Crippen MR) is 130 cm³/mol. The number of hydrogen-bond acceptors (Lipinski definition) is 4. The SMILES string of the molecule is O=C(N[C@@H](CCCCN[C@@H]1C[C@H]1c1ccc(Cl)cc1)C(=O)N1CCOCC1)c1ccccc1. The van der Waals surface area contributed by atoms with Gasteiger partial charge in [-0.2, -0.15) is 0 Å². The molecule has 3 atom stereocenters. The van der Waals surface area contributed by atoms with Gasteiger partial charge in [-0.1, -0.05) is 41.9 Å². The Morgan fingerprint density at radius 1 is 1.03 bits per heavy atom. The molecule has 4 rings (SSSR count). The Morgan fingerprint density at radius 3 is 2.48 bits per heavy atom. The molecule has 2 aromatic rings. The largest absolute Gasteiger partial charge is 0.378 e. The minimum atomic E-state index is -0.515. The van der Waals surface area contributed by atoms with Crippen molar-refractivity contribution in [2.75, 3.05) is 32.8 Å². The minimum absolute atomic E-state index is 0.0134. The first-order valence-electron chi connectivity index (χ1n) is 11.8. The second-order valence-corrected chi connectivity index (χ2v) is 9.22. The number of nitrogens with one attached hydrogen (secondary N) is 2.